The van der Waals surface area contributed by atoms with E-state index in [1.165, 1.54) is 11.6 Å². The van der Waals surface area contributed by atoms with Crippen LogP contribution in [0, 0.1) is 0 Å². The molecule has 1 amide bonds. The van der Waals surface area contributed by atoms with Crippen LogP contribution in [0.25, 0.3) is 17.1 Å². The highest BCUT2D eigenvalue weighted by Crippen LogP contribution is 2.25. The lowest BCUT2D eigenvalue weighted by Gasteiger charge is -2.14. The number of hydrogen-bond acceptors (Lipinski definition) is 4. The quantitative estimate of drug-likeness (QED) is 0.246. The predicted octanol–water partition coefficient (Wildman–Crippen LogP) is 4.54. The number of aryl methyl sites for hydroxylation is 2. The summed E-state index contributed by atoms with van der Waals surface area (Å²) in [5.74, 6) is 0.791. The van der Waals surface area contributed by atoms with Crippen LogP contribution in [-0.4, -0.2) is 25.6 Å². The zero-order valence-electron chi connectivity index (χ0n) is 18.0. The molecular weight excluding hydrogens is 400 g/mol. The molecule has 1 atom stereocenters. The summed E-state index contributed by atoms with van der Waals surface area (Å²) in [5, 5.41) is 8.68. The minimum atomic E-state index is -0.566. The number of carbonyl (C=O) groups is 1. The van der Waals surface area contributed by atoms with Crippen LogP contribution in [0.2, 0.25) is 0 Å². The Morgan fingerprint density at radius 1 is 1.12 bits per heavy atom. The van der Waals surface area contributed by atoms with Gasteiger partial charge in [0.05, 0.1) is 11.0 Å². The molecule has 6 heteroatoms. The number of aromatic nitrogens is 3. The maximum Gasteiger partial charge on any atom is 0.267 e. The number of rotatable bonds is 8. The van der Waals surface area contributed by atoms with Crippen LogP contribution >= 0.6 is 0 Å². The third-order valence-corrected chi connectivity index (χ3v) is 5.56. The second kappa shape index (κ2) is 10.0. The Morgan fingerprint density at radius 3 is 2.69 bits per heavy atom. The van der Waals surface area contributed by atoms with Crippen molar-refractivity contribution in [3.8, 4) is 0 Å². The van der Waals surface area contributed by atoms with Crippen LogP contribution in [0.5, 0.6) is 0 Å². The maximum atomic E-state index is 11.3. The summed E-state index contributed by atoms with van der Waals surface area (Å²) in [5.41, 5.74) is 6.72. The highest BCUT2D eigenvalue weighted by Gasteiger charge is 2.15. The third kappa shape index (κ3) is 5.10. The summed E-state index contributed by atoms with van der Waals surface area (Å²) < 4.78 is 2.28. The smallest absolute Gasteiger partial charge is 0.267 e. The highest BCUT2D eigenvalue weighted by atomic mass is 16.5. The van der Waals surface area contributed by atoms with Gasteiger partial charge in [-0.3, -0.25) is 15.0 Å². The molecule has 4 rings (SSSR count). The molecule has 1 unspecified atom stereocenters. The lowest BCUT2D eigenvalue weighted by atomic mass is 9.97. The molecule has 32 heavy (non-hydrogen) atoms. The van der Waals surface area contributed by atoms with Gasteiger partial charge in [0, 0.05) is 37.4 Å². The fourth-order valence-electron chi connectivity index (χ4n) is 3.86. The molecular formula is C26H26N4O2. The molecule has 0 saturated heterocycles. The molecule has 0 spiro atoms. The molecule has 0 fully saturated rings. The van der Waals surface area contributed by atoms with Crippen LogP contribution in [0.4, 0.5) is 0 Å². The van der Waals surface area contributed by atoms with Gasteiger partial charge >= 0.3 is 0 Å². The maximum absolute atomic E-state index is 11.3. The van der Waals surface area contributed by atoms with Gasteiger partial charge in [-0.1, -0.05) is 49.4 Å². The van der Waals surface area contributed by atoms with E-state index in [1.807, 2.05) is 48.7 Å². The van der Waals surface area contributed by atoms with E-state index in [1.54, 1.807) is 11.6 Å². The summed E-state index contributed by atoms with van der Waals surface area (Å²) in [6.07, 6.45) is 6.40. The summed E-state index contributed by atoms with van der Waals surface area (Å²) in [6, 6.07) is 22.4. The van der Waals surface area contributed by atoms with E-state index in [0.29, 0.717) is 5.92 Å². The molecule has 162 valence electrons. The molecule has 2 aromatic carbocycles. The lowest BCUT2D eigenvalue weighted by Crippen LogP contribution is -2.14. The molecule has 0 radical (unpaired) electrons. The van der Waals surface area contributed by atoms with Crippen LogP contribution in [0.1, 0.15) is 35.5 Å². The van der Waals surface area contributed by atoms with Gasteiger partial charge in [0.1, 0.15) is 5.82 Å². The molecule has 0 aliphatic carbocycles. The highest BCUT2D eigenvalue weighted by molar-refractivity contribution is 5.91. The van der Waals surface area contributed by atoms with Gasteiger partial charge < -0.3 is 4.57 Å². The third-order valence-electron chi connectivity index (χ3n) is 5.56. The van der Waals surface area contributed by atoms with Crippen molar-refractivity contribution in [2.45, 2.75) is 32.2 Å². The van der Waals surface area contributed by atoms with Crippen molar-refractivity contribution in [1.29, 1.82) is 0 Å². The van der Waals surface area contributed by atoms with E-state index in [2.05, 4.69) is 40.7 Å². The van der Waals surface area contributed by atoms with Crippen molar-refractivity contribution in [1.82, 2.24) is 20.0 Å². The van der Waals surface area contributed by atoms with Crippen molar-refractivity contribution in [2.24, 2.45) is 0 Å². The number of carbonyl (C=O) groups excluding carboxylic acids is 1. The van der Waals surface area contributed by atoms with Gasteiger partial charge in [-0.2, -0.15) is 0 Å². The first-order chi connectivity index (χ1) is 15.6. The van der Waals surface area contributed by atoms with E-state index in [-0.39, 0.29) is 0 Å². The van der Waals surface area contributed by atoms with Gasteiger partial charge in [0.25, 0.3) is 5.91 Å². The van der Waals surface area contributed by atoms with Crippen molar-refractivity contribution >= 4 is 23.0 Å². The molecule has 6 nitrogen and oxygen atoms in total. The Hall–Kier alpha value is -3.77. The Morgan fingerprint density at radius 2 is 1.94 bits per heavy atom. The largest absolute Gasteiger partial charge is 0.328 e. The number of pyridine rings is 1. The fraction of sp³-hybridized carbons (Fsp3) is 0.192. The summed E-state index contributed by atoms with van der Waals surface area (Å²) >= 11 is 0. The van der Waals surface area contributed by atoms with Crippen LogP contribution in [0.3, 0.4) is 0 Å². The normalized spacial score (nSPS) is 12.3. The van der Waals surface area contributed by atoms with E-state index >= 15 is 0 Å². The van der Waals surface area contributed by atoms with E-state index in [0.717, 1.165) is 47.5 Å². The Bertz CT molecular complexity index is 1220. The zero-order chi connectivity index (χ0) is 22.3. The SMILES string of the molecule is CC(Cc1nc2cc(/C=C/C(=O)NO)ccc2n1CCc1ccccn1)c1ccccc1. The number of benzene rings is 2. The van der Waals surface area contributed by atoms with Crippen LogP contribution in [-0.2, 0) is 24.2 Å². The first-order valence-corrected chi connectivity index (χ1v) is 10.7. The number of nitrogens with one attached hydrogen (secondary N) is 1. The lowest BCUT2D eigenvalue weighted by molar-refractivity contribution is -0.124. The van der Waals surface area contributed by atoms with E-state index in [4.69, 9.17) is 10.2 Å². The van der Waals surface area contributed by atoms with Crippen LogP contribution < -0.4 is 5.48 Å². The van der Waals surface area contributed by atoms with Crippen molar-refractivity contribution in [3.05, 3.63) is 102 Å². The molecule has 0 aliphatic heterocycles. The average Bonchev–Trinajstić information content (AvgIpc) is 3.18. The molecule has 0 saturated carbocycles. The number of fused-ring (bicyclic) bond motifs is 1. The van der Waals surface area contributed by atoms with Gasteiger partial charge in [-0.15, -0.1) is 0 Å². The van der Waals surface area contributed by atoms with E-state index < -0.39 is 5.91 Å². The van der Waals surface area contributed by atoms with Crippen LogP contribution in [0.15, 0.2) is 79.0 Å². The minimum absolute atomic E-state index is 0.328. The van der Waals surface area contributed by atoms with Crippen molar-refractivity contribution < 1.29 is 10.0 Å². The average molecular weight is 427 g/mol. The van der Waals surface area contributed by atoms with Gasteiger partial charge in [-0.05, 0) is 47.4 Å². The van der Waals surface area contributed by atoms with E-state index in [9.17, 15) is 4.79 Å². The first-order valence-electron chi connectivity index (χ1n) is 10.7. The molecule has 2 heterocycles. The predicted molar refractivity (Wildman–Crippen MR) is 125 cm³/mol. The molecule has 2 N–H and O–H groups in total. The second-order valence-corrected chi connectivity index (χ2v) is 7.82. The Kier molecular flexibility index (Phi) is 6.72. The number of amides is 1. The molecule has 4 aromatic rings. The van der Waals surface area contributed by atoms with Crippen molar-refractivity contribution in [3.63, 3.8) is 0 Å². The number of hydroxylamine groups is 1. The zero-order valence-corrected chi connectivity index (χ0v) is 18.0. The van der Waals surface area contributed by atoms with Gasteiger partial charge in [0.15, 0.2) is 0 Å². The molecule has 0 bridgehead atoms. The summed E-state index contributed by atoms with van der Waals surface area (Å²) in [7, 11) is 0. The fourth-order valence-corrected chi connectivity index (χ4v) is 3.86. The van der Waals surface area contributed by atoms with Gasteiger partial charge in [-0.25, -0.2) is 10.5 Å². The second-order valence-electron chi connectivity index (χ2n) is 7.82. The first kappa shape index (κ1) is 21.5. The summed E-state index contributed by atoms with van der Waals surface area (Å²) in [6.45, 7) is 3.01. The number of hydrogen-bond donors (Lipinski definition) is 2. The topological polar surface area (TPSA) is 80.0 Å². The monoisotopic (exact) mass is 426 g/mol. The Labute approximate surface area is 187 Å². The number of nitrogens with zero attached hydrogens (tertiary/aromatic N) is 3. The molecule has 0 aliphatic rings. The minimum Gasteiger partial charge on any atom is -0.328 e. The Balaban J connectivity index is 1.66. The van der Waals surface area contributed by atoms with Gasteiger partial charge in [0.2, 0.25) is 0 Å². The van der Waals surface area contributed by atoms with Crippen molar-refractivity contribution in [2.75, 3.05) is 0 Å². The molecule has 2 aromatic heterocycles. The number of imidazole rings is 1. The standard InChI is InChI=1S/C26H26N4O2/c1-19(21-7-3-2-4-8-21)17-25-28-23-18-20(11-13-26(31)29-32)10-12-24(23)30(25)16-14-22-9-5-6-15-27-22/h2-13,15,18-19,32H,14,16-17H2,1H3,(H,29,31)/b13-11+. The summed E-state index contributed by atoms with van der Waals surface area (Å²) in [4.78, 5) is 20.7.